The van der Waals surface area contributed by atoms with Crippen LogP contribution in [0, 0.1) is 5.82 Å². The smallest absolute Gasteiger partial charge is 0.394 e. The number of hydrogen-bond acceptors (Lipinski definition) is 5. The van der Waals surface area contributed by atoms with Gasteiger partial charge in [0, 0.05) is 12.4 Å². The van der Waals surface area contributed by atoms with Gasteiger partial charge in [-0.15, -0.1) is 5.10 Å². The van der Waals surface area contributed by atoms with Crippen molar-refractivity contribution in [1.29, 1.82) is 0 Å². The number of anilines is 3. The molecule has 0 fully saturated rings. The van der Waals surface area contributed by atoms with Gasteiger partial charge < -0.3 is 16.5 Å². The fraction of sp³-hybridized carbons (Fsp3) is 0.0667. The highest BCUT2D eigenvalue weighted by Crippen LogP contribution is 2.35. The number of allylic oxidation sites excluding steroid dienone is 2. The fourth-order valence-electron chi connectivity index (χ4n) is 2.20. The maximum atomic E-state index is 13.3. The van der Waals surface area contributed by atoms with Crippen LogP contribution in [0.3, 0.4) is 0 Å². The van der Waals surface area contributed by atoms with E-state index in [0.717, 1.165) is 10.9 Å². The first-order valence-corrected chi connectivity index (χ1v) is 7.17. The van der Waals surface area contributed by atoms with Crippen molar-refractivity contribution in [3.05, 3.63) is 60.3 Å². The summed E-state index contributed by atoms with van der Waals surface area (Å²) in [6, 6.07) is 0.747. The average Bonchev–Trinajstić information content (AvgIpc) is 2.96. The molecule has 1 aromatic carbocycles. The summed E-state index contributed by atoms with van der Waals surface area (Å²) < 4.78 is 53.0. The van der Waals surface area contributed by atoms with Crippen LogP contribution in [-0.2, 0) is 6.18 Å². The second-order valence-electron chi connectivity index (χ2n) is 5.17. The fourth-order valence-corrected chi connectivity index (χ4v) is 2.20. The lowest BCUT2D eigenvalue weighted by atomic mass is 10.1. The van der Waals surface area contributed by atoms with Gasteiger partial charge in [0.05, 0.1) is 23.1 Å². The molecule has 1 aliphatic heterocycles. The second-order valence-corrected chi connectivity index (χ2v) is 5.17. The lowest BCUT2D eigenvalue weighted by Gasteiger charge is -2.19. The van der Waals surface area contributed by atoms with Crippen LogP contribution in [0.25, 0.3) is 0 Å². The zero-order chi connectivity index (χ0) is 18.9. The molecule has 0 saturated heterocycles. The van der Waals surface area contributed by atoms with E-state index < -0.39 is 29.3 Å². The third-order valence-electron chi connectivity index (χ3n) is 3.34. The lowest BCUT2D eigenvalue weighted by Crippen LogP contribution is -2.31. The van der Waals surface area contributed by atoms with Crippen LogP contribution in [0.2, 0.25) is 0 Å². The van der Waals surface area contributed by atoms with Gasteiger partial charge in [-0.2, -0.15) is 17.9 Å². The Kier molecular flexibility index (Phi) is 4.28. The first-order chi connectivity index (χ1) is 12.3. The van der Waals surface area contributed by atoms with Gasteiger partial charge in [0.2, 0.25) is 0 Å². The number of carbonyl (C=O) groups is 1. The number of benzene rings is 1. The van der Waals surface area contributed by atoms with Crippen molar-refractivity contribution < 1.29 is 22.4 Å². The Morgan fingerprint density at radius 1 is 1.27 bits per heavy atom. The number of halogens is 4. The monoisotopic (exact) mass is 368 g/mol. The second kappa shape index (κ2) is 6.43. The predicted octanol–water partition coefficient (Wildman–Crippen LogP) is 3.06. The minimum absolute atomic E-state index is 0.0999. The molecule has 0 atom stereocenters. The van der Waals surface area contributed by atoms with Crippen molar-refractivity contribution in [2.45, 2.75) is 6.18 Å². The summed E-state index contributed by atoms with van der Waals surface area (Å²) in [6.07, 6.45) is 2.91. The van der Waals surface area contributed by atoms with Crippen molar-refractivity contribution in [3.63, 3.8) is 0 Å². The Morgan fingerprint density at radius 3 is 2.69 bits per heavy atom. The molecule has 2 aromatic rings. The number of nitrogen functional groups attached to an aromatic ring is 1. The van der Waals surface area contributed by atoms with Gasteiger partial charge in [0.25, 0.3) is 0 Å². The van der Waals surface area contributed by atoms with E-state index >= 15 is 0 Å². The van der Waals surface area contributed by atoms with Crippen molar-refractivity contribution in [3.8, 4) is 0 Å². The highest BCUT2D eigenvalue weighted by Gasteiger charge is 2.34. The summed E-state index contributed by atoms with van der Waals surface area (Å²) >= 11 is 0. The number of rotatable bonds is 2. The molecule has 0 radical (unpaired) electrons. The van der Waals surface area contributed by atoms with Crippen LogP contribution in [-0.4, -0.2) is 15.8 Å². The Hall–Kier alpha value is -3.50. The number of nitrogens with zero attached hydrogens (tertiary/aromatic N) is 3. The zero-order valence-corrected chi connectivity index (χ0v) is 13.0. The molecule has 0 saturated carbocycles. The van der Waals surface area contributed by atoms with Crippen LogP contribution >= 0.6 is 0 Å². The van der Waals surface area contributed by atoms with Crippen LogP contribution in [0.5, 0.6) is 0 Å². The number of hydrogen-bond donors (Lipinski definition) is 3. The van der Waals surface area contributed by atoms with E-state index in [4.69, 9.17) is 5.73 Å². The van der Waals surface area contributed by atoms with Gasteiger partial charge in [-0.3, -0.25) is 0 Å². The standard InChI is InChI=1S/C15H12F4N6O/c16-9-3-4-10(15(17,18)19)12(7-9)22-14(26)25-8-11(20)13(23-25)24-6-2-1-5-21-24/h1-8,21H,20H2,(H,22,26). The number of hydrazine groups is 1. The molecule has 1 aliphatic rings. The third kappa shape index (κ3) is 3.45. The van der Waals surface area contributed by atoms with Crippen molar-refractivity contribution >= 4 is 23.2 Å². The van der Waals surface area contributed by atoms with Crippen LogP contribution < -0.4 is 21.5 Å². The minimum atomic E-state index is -4.76. The van der Waals surface area contributed by atoms with Crippen LogP contribution in [0.4, 0.5) is 39.5 Å². The highest BCUT2D eigenvalue weighted by atomic mass is 19.4. The third-order valence-corrected chi connectivity index (χ3v) is 3.34. The summed E-state index contributed by atoms with van der Waals surface area (Å²) in [5.74, 6) is -0.764. The minimum Gasteiger partial charge on any atom is -0.394 e. The van der Waals surface area contributed by atoms with E-state index in [1.54, 1.807) is 24.6 Å². The quantitative estimate of drug-likeness (QED) is 0.709. The first kappa shape index (κ1) is 17.3. The van der Waals surface area contributed by atoms with Gasteiger partial charge >= 0.3 is 12.2 Å². The first-order valence-electron chi connectivity index (χ1n) is 7.17. The Bertz CT molecular complexity index is 902. The molecule has 2 heterocycles. The zero-order valence-electron chi connectivity index (χ0n) is 13.0. The molecule has 1 amide bonds. The summed E-state index contributed by atoms with van der Waals surface area (Å²) in [7, 11) is 0. The Labute approximate surface area is 144 Å². The van der Waals surface area contributed by atoms with Gasteiger partial charge in [0.1, 0.15) is 5.82 Å². The molecular weight excluding hydrogens is 356 g/mol. The number of alkyl halides is 3. The van der Waals surface area contributed by atoms with E-state index in [1.807, 2.05) is 5.32 Å². The van der Waals surface area contributed by atoms with Gasteiger partial charge in [-0.1, -0.05) is 0 Å². The molecule has 7 nitrogen and oxygen atoms in total. The van der Waals surface area contributed by atoms with Crippen molar-refractivity contribution in [2.75, 3.05) is 16.1 Å². The largest absolute Gasteiger partial charge is 0.418 e. The van der Waals surface area contributed by atoms with Gasteiger partial charge in [-0.05, 0) is 30.4 Å². The number of aromatic nitrogens is 2. The van der Waals surface area contributed by atoms with Crippen molar-refractivity contribution in [1.82, 2.24) is 15.2 Å². The maximum absolute atomic E-state index is 13.3. The molecule has 1 aromatic heterocycles. The van der Waals surface area contributed by atoms with Crippen molar-refractivity contribution in [2.24, 2.45) is 0 Å². The summed E-state index contributed by atoms with van der Waals surface area (Å²) in [6.45, 7) is 0. The summed E-state index contributed by atoms with van der Waals surface area (Å²) in [5.41, 5.74) is 6.77. The number of nitrogens with two attached hydrogens (primary N) is 1. The molecule has 11 heteroatoms. The Balaban J connectivity index is 1.87. The molecule has 26 heavy (non-hydrogen) atoms. The maximum Gasteiger partial charge on any atom is 0.418 e. The SMILES string of the molecule is Nc1cn(C(=O)Nc2cc(F)ccc2C(F)(F)F)nc1N1C=CC=CN1. The van der Waals surface area contributed by atoms with Crippen LogP contribution in [0.1, 0.15) is 5.56 Å². The Morgan fingerprint density at radius 2 is 2.04 bits per heavy atom. The van der Waals surface area contributed by atoms with E-state index in [1.165, 1.54) is 5.01 Å². The molecule has 0 spiro atoms. The van der Waals surface area contributed by atoms with E-state index in [0.29, 0.717) is 18.2 Å². The normalized spacial score (nSPS) is 13.6. The molecule has 0 unspecified atom stereocenters. The average molecular weight is 368 g/mol. The van der Waals surface area contributed by atoms with E-state index in [2.05, 4.69) is 10.5 Å². The topological polar surface area (TPSA) is 88.2 Å². The van der Waals surface area contributed by atoms with Crippen LogP contribution in [0.15, 0.2) is 48.9 Å². The molecule has 0 aliphatic carbocycles. The lowest BCUT2D eigenvalue weighted by molar-refractivity contribution is -0.136. The van der Waals surface area contributed by atoms with E-state index in [9.17, 15) is 22.4 Å². The number of nitrogens with one attached hydrogen (secondary N) is 2. The number of carbonyl (C=O) groups excluding carboxylic acids is 1. The molecule has 0 bridgehead atoms. The highest BCUT2D eigenvalue weighted by molar-refractivity contribution is 5.92. The van der Waals surface area contributed by atoms with Gasteiger partial charge in [-0.25, -0.2) is 14.2 Å². The van der Waals surface area contributed by atoms with E-state index in [-0.39, 0.29) is 11.5 Å². The molecular formula is C15H12F4N6O. The summed E-state index contributed by atoms with van der Waals surface area (Å²) in [5, 5.41) is 7.32. The molecule has 3 rings (SSSR count). The predicted molar refractivity (Wildman–Crippen MR) is 86.4 cm³/mol. The molecule has 4 N–H and O–H groups in total. The summed E-state index contributed by atoms with van der Waals surface area (Å²) in [4.78, 5) is 12.2. The van der Waals surface area contributed by atoms with Gasteiger partial charge in [0.15, 0.2) is 5.82 Å². The molecule has 136 valence electrons. The number of amides is 1.